The van der Waals surface area contributed by atoms with Crippen LogP contribution in [0.25, 0.3) is 0 Å². The van der Waals surface area contributed by atoms with Gasteiger partial charge in [0.1, 0.15) is 0 Å². The Hall–Kier alpha value is 0.830. The van der Waals surface area contributed by atoms with E-state index in [1.165, 1.54) is 3.57 Å². The zero-order valence-electron chi connectivity index (χ0n) is 5.98. The van der Waals surface area contributed by atoms with E-state index in [9.17, 15) is 4.79 Å². The molecule has 1 nitrogen and oxygen atoms in total. The van der Waals surface area contributed by atoms with Crippen LogP contribution in [0.3, 0.4) is 0 Å². The van der Waals surface area contributed by atoms with Crippen LogP contribution < -0.4 is 0 Å². The molecule has 0 saturated carbocycles. The van der Waals surface area contributed by atoms with Gasteiger partial charge in [-0.1, -0.05) is 22.0 Å². The number of halogens is 3. The van der Waals surface area contributed by atoms with Gasteiger partial charge in [0.2, 0.25) is 0 Å². The number of ketones is 1. The first-order valence-electron chi connectivity index (χ1n) is 3.19. The highest BCUT2D eigenvalue weighted by molar-refractivity contribution is 14.1. The minimum atomic E-state index is 0.129. The molecule has 0 bridgehead atoms. The Labute approximate surface area is 107 Å². The van der Waals surface area contributed by atoms with E-state index in [0.717, 1.165) is 9.13 Å². The molecule has 0 amide bonds. The third-order valence-corrected chi connectivity index (χ3v) is 4.74. The summed E-state index contributed by atoms with van der Waals surface area (Å²) in [7, 11) is 0. The van der Waals surface area contributed by atoms with E-state index in [-0.39, 0.29) is 5.78 Å². The Morgan fingerprint density at radius 3 is 2.50 bits per heavy atom. The van der Waals surface area contributed by atoms with Crippen LogP contribution in [0.4, 0.5) is 0 Å². The summed E-state index contributed by atoms with van der Waals surface area (Å²) < 4.78 is 2.30. The molecule has 0 fully saturated rings. The molecule has 0 aliphatic carbocycles. The van der Waals surface area contributed by atoms with Gasteiger partial charge >= 0.3 is 0 Å². The molecule has 0 aliphatic rings. The largest absolute Gasteiger partial charge is 0.293 e. The van der Waals surface area contributed by atoms with E-state index in [1.807, 2.05) is 18.2 Å². The summed E-state index contributed by atoms with van der Waals surface area (Å²) in [5.41, 5.74) is 0.775. The highest BCUT2D eigenvalue weighted by Crippen LogP contribution is 2.17. The summed E-state index contributed by atoms with van der Waals surface area (Å²) in [5.74, 6) is 0.129. The summed E-state index contributed by atoms with van der Waals surface area (Å²) in [6.07, 6.45) is 0. The summed E-state index contributed by atoms with van der Waals surface area (Å²) in [5, 5.41) is 0.393. The number of hydrogen-bond acceptors (Lipinski definition) is 1. The van der Waals surface area contributed by atoms with Gasteiger partial charge in [0.05, 0.1) is 5.33 Å². The van der Waals surface area contributed by atoms with Gasteiger partial charge in [0, 0.05) is 12.7 Å². The maximum atomic E-state index is 11.2. The monoisotopic (exact) mass is 450 g/mol. The van der Waals surface area contributed by atoms with Crippen molar-refractivity contribution in [1.82, 2.24) is 0 Å². The first kappa shape index (κ1) is 10.9. The molecule has 0 N–H and O–H groups in total. The maximum Gasteiger partial charge on any atom is 0.173 e. The van der Waals surface area contributed by atoms with E-state index in [0.29, 0.717) is 5.33 Å². The van der Waals surface area contributed by atoms with E-state index in [2.05, 4.69) is 61.1 Å². The van der Waals surface area contributed by atoms with Gasteiger partial charge in [-0.2, -0.15) is 0 Å². The van der Waals surface area contributed by atoms with Crippen molar-refractivity contribution in [3.63, 3.8) is 0 Å². The molecule has 0 aromatic heterocycles. The van der Waals surface area contributed by atoms with Crippen molar-refractivity contribution >= 4 is 66.9 Å². The van der Waals surface area contributed by atoms with Crippen LogP contribution in [0, 0.1) is 7.14 Å². The molecule has 0 atom stereocenters. The average molecular weight is 451 g/mol. The molecular formula is C8H5BrI2O. The van der Waals surface area contributed by atoms with Crippen LogP contribution in [0.5, 0.6) is 0 Å². The van der Waals surface area contributed by atoms with Gasteiger partial charge in [0.25, 0.3) is 0 Å². The lowest BCUT2D eigenvalue weighted by Crippen LogP contribution is -2.00. The van der Waals surface area contributed by atoms with Crippen LogP contribution in [0.1, 0.15) is 10.4 Å². The second-order valence-electron chi connectivity index (χ2n) is 2.19. The van der Waals surface area contributed by atoms with E-state index >= 15 is 0 Å². The first-order valence-corrected chi connectivity index (χ1v) is 6.47. The standard InChI is InChI=1S/C8H5BrI2O/c9-4-8(12)5-1-2-6(10)7(11)3-5/h1-3H,4H2. The van der Waals surface area contributed by atoms with Crippen molar-refractivity contribution in [2.45, 2.75) is 0 Å². The summed E-state index contributed by atoms with van der Waals surface area (Å²) in [4.78, 5) is 11.2. The molecule has 1 aromatic rings. The number of rotatable bonds is 2. The summed E-state index contributed by atoms with van der Waals surface area (Å²) >= 11 is 7.61. The molecular weight excluding hydrogens is 446 g/mol. The Morgan fingerprint density at radius 1 is 1.33 bits per heavy atom. The lowest BCUT2D eigenvalue weighted by atomic mass is 10.2. The van der Waals surface area contributed by atoms with Gasteiger partial charge in [-0.05, 0) is 57.3 Å². The quantitative estimate of drug-likeness (QED) is 0.383. The van der Waals surface area contributed by atoms with Crippen LogP contribution in [0.15, 0.2) is 18.2 Å². The topological polar surface area (TPSA) is 17.1 Å². The Bertz CT molecular complexity index is 312. The number of benzene rings is 1. The minimum Gasteiger partial charge on any atom is -0.293 e. The summed E-state index contributed by atoms with van der Waals surface area (Å²) in [6, 6.07) is 5.72. The van der Waals surface area contributed by atoms with Gasteiger partial charge < -0.3 is 0 Å². The van der Waals surface area contributed by atoms with Crippen molar-refractivity contribution in [3.05, 3.63) is 30.9 Å². The van der Waals surface area contributed by atoms with E-state index in [4.69, 9.17) is 0 Å². The molecule has 0 saturated heterocycles. The van der Waals surface area contributed by atoms with E-state index in [1.54, 1.807) is 0 Å². The predicted molar refractivity (Wildman–Crippen MR) is 70.0 cm³/mol. The molecule has 1 rings (SSSR count). The van der Waals surface area contributed by atoms with Crippen LogP contribution in [-0.2, 0) is 0 Å². The highest BCUT2D eigenvalue weighted by Gasteiger charge is 2.05. The van der Waals surface area contributed by atoms with Crippen molar-refractivity contribution in [2.75, 3.05) is 5.33 Å². The highest BCUT2D eigenvalue weighted by atomic mass is 127. The van der Waals surface area contributed by atoms with Gasteiger partial charge in [-0.3, -0.25) is 4.79 Å². The fourth-order valence-electron chi connectivity index (χ4n) is 0.747. The van der Waals surface area contributed by atoms with Gasteiger partial charge in [-0.15, -0.1) is 0 Å². The minimum absolute atomic E-state index is 0.129. The Morgan fingerprint density at radius 2 is 2.00 bits per heavy atom. The van der Waals surface area contributed by atoms with Crippen molar-refractivity contribution < 1.29 is 4.79 Å². The zero-order chi connectivity index (χ0) is 9.14. The van der Waals surface area contributed by atoms with Crippen molar-refractivity contribution in [2.24, 2.45) is 0 Å². The van der Waals surface area contributed by atoms with Gasteiger partial charge in [-0.25, -0.2) is 0 Å². The zero-order valence-corrected chi connectivity index (χ0v) is 11.9. The smallest absolute Gasteiger partial charge is 0.173 e. The average Bonchev–Trinajstić information content (AvgIpc) is 2.08. The normalized spacial score (nSPS) is 9.92. The first-order chi connectivity index (χ1) is 5.65. The molecule has 0 unspecified atom stereocenters. The molecule has 4 heteroatoms. The number of carbonyl (C=O) groups excluding carboxylic acids is 1. The molecule has 0 radical (unpaired) electrons. The molecule has 0 aliphatic heterocycles. The number of hydrogen-bond donors (Lipinski definition) is 0. The molecule has 64 valence electrons. The molecule has 0 spiro atoms. The van der Waals surface area contributed by atoms with E-state index < -0.39 is 0 Å². The third kappa shape index (κ3) is 2.66. The summed E-state index contributed by atoms with van der Waals surface area (Å²) in [6.45, 7) is 0. The lowest BCUT2D eigenvalue weighted by molar-refractivity contribution is 0.102. The number of alkyl halides is 1. The van der Waals surface area contributed by atoms with Crippen LogP contribution in [-0.4, -0.2) is 11.1 Å². The van der Waals surface area contributed by atoms with Crippen molar-refractivity contribution in [1.29, 1.82) is 0 Å². The third-order valence-electron chi connectivity index (χ3n) is 1.36. The van der Waals surface area contributed by atoms with Crippen LogP contribution >= 0.6 is 61.1 Å². The van der Waals surface area contributed by atoms with Gasteiger partial charge in [0.15, 0.2) is 5.78 Å². The second kappa shape index (κ2) is 4.90. The fraction of sp³-hybridized carbons (Fsp3) is 0.125. The Balaban J connectivity index is 3.05. The predicted octanol–water partition coefficient (Wildman–Crippen LogP) is 3.47. The molecule has 12 heavy (non-hydrogen) atoms. The molecule has 0 heterocycles. The maximum absolute atomic E-state index is 11.2. The number of carbonyl (C=O) groups is 1. The van der Waals surface area contributed by atoms with Crippen molar-refractivity contribution in [3.8, 4) is 0 Å². The lowest BCUT2D eigenvalue weighted by Gasteiger charge is -1.99. The number of Topliss-reactive ketones (excluding diaryl/α,β-unsaturated/α-hetero) is 1. The van der Waals surface area contributed by atoms with Crippen LogP contribution in [0.2, 0.25) is 0 Å². The molecule has 1 aromatic carbocycles. The Kier molecular flexibility index (Phi) is 4.45. The SMILES string of the molecule is O=C(CBr)c1ccc(I)c(I)c1. The fourth-order valence-corrected chi connectivity index (χ4v) is 1.92. The second-order valence-corrected chi connectivity index (χ2v) is 5.07.